The second-order valence-corrected chi connectivity index (χ2v) is 5.40. The molecule has 0 saturated heterocycles. The fraction of sp³-hybridized carbons (Fsp3) is 0.143. The van der Waals surface area contributed by atoms with Crippen molar-refractivity contribution in [1.82, 2.24) is 10.2 Å². The molecule has 2 N–H and O–H groups in total. The molecule has 0 aliphatic carbocycles. The number of halogens is 2. The number of rotatable bonds is 5. The van der Waals surface area contributed by atoms with E-state index >= 15 is 0 Å². The first-order valence-corrected chi connectivity index (χ1v) is 7.41. The van der Waals surface area contributed by atoms with Gasteiger partial charge in [0.2, 0.25) is 11.8 Å². The molecule has 0 saturated carbocycles. The fourth-order valence-electron chi connectivity index (χ4n) is 1.55. The van der Waals surface area contributed by atoms with Crippen LogP contribution in [0.5, 0.6) is 0 Å². The monoisotopic (exact) mass is 338 g/mol. The predicted molar refractivity (Wildman–Crippen MR) is 82.0 cm³/mol. The molecule has 1 aromatic heterocycles. The van der Waals surface area contributed by atoms with Gasteiger partial charge in [-0.1, -0.05) is 11.8 Å². The molecule has 0 unspecified atom stereocenters. The van der Waals surface area contributed by atoms with Crippen molar-refractivity contribution in [2.45, 2.75) is 11.9 Å². The molecule has 2 amide bonds. The number of hydrogen-bond donors (Lipinski definition) is 2. The van der Waals surface area contributed by atoms with Crippen LogP contribution in [0.15, 0.2) is 35.4 Å². The van der Waals surface area contributed by atoms with E-state index in [2.05, 4.69) is 20.8 Å². The molecule has 0 fully saturated rings. The third kappa shape index (κ3) is 5.29. The summed E-state index contributed by atoms with van der Waals surface area (Å²) >= 11 is 1.12. The van der Waals surface area contributed by atoms with E-state index in [0.29, 0.717) is 10.8 Å². The summed E-state index contributed by atoms with van der Waals surface area (Å²) in [5, 5.41) is 13.0. The Balaban J connectivity index is 1.86. The number of nitrogens with one attached hydrogen (secondary N) is 2. The SMILES string of the molecule is CC(=O)Nc1ccc(SCC(=O)Nc2ccc(F)c(F)c2)nn1. The molecule has 2 aromatic rings. The highest BCUT2D eigenvalue weighted by Gasteiger charge is 2.08. The first-order chi connectivity index (χ1) is 10.9. The topological polar surface area (TPSA) is 84.0 Å². The zero-order valence-electron chi connectivity index (χ0n) is 12.0. The van der Waals surface area contributed by atoms with Crippen molar-refractivity contribution in [2.75, 3.05) is 16.4 Å². The summed E-state index contributed by atoms with van der Waals surface area (Å²) in [6, 6.07) is 6.27. The minimum Gasteiger partial charge on any atom is -0.325 e. The number of carbonyl (C=O) groups is 2. The number of thioether (sulfide) groups is 1. The standard InChI is InChI=1S/C14H12F2N4O2S/c1-8(21)17-12-4-5-14(20-19-12)23-7-13(22)18-9-2-3-10(15)11(16)6-9/h2-6H,7H2,1H3,(H,18,22)(H,17,19,21). The molecular weight excluding hydrogens is 326 g/mol. The summed E-state index contributed by atoms with van der Waals surface area (Å²) in [7, 11) is 0. The Kier molecular flexibility index (Phi) is 5.58. The largest absolute Gasteiger partial charge is 0.325 e. The lowest BCUT2D eigenvalue weighted by molar-refractivity contribution is -0.114. The van der Waals surface area contributed by atoms with E-state index in [1.807, 2.05) is 0 Å². The lowest BCUT2D eigenvalue weighted by Crippen LogP contribution is -2.14. The number of amides is 2. The Morgan fingerprint density at radius 2 is 1.87 bits per heavy atom. The Labute approximate surface area is 134 Å². The Morgan fingerprint density at radius 1 is 1.09 bits per heavy atom. The molecule has 120 valence electrons. The number of hydrogen-bond acceptors (Lipinski definition) is 5. The number of aromatic nitrogens is 2. The third-order valence-electron chi connectivity index (χ3n) is 2.50. The van der Waals surface area contributed by atoms with E-state index < -0.39 is 17.5 Å². The molecule has 0 radical (unpaired) electrons. The smallest absolute Gasteiger partial charge is 0.234 e. The van der Waals surface area contributed by atoms with Gasteiger partial charge >= 0.3 is 0 Å². The Hall–Kier alpha value is -2.55. The van der Waals surface area contributed by atoms with Gasteiger partial charge in [-0.3, -0.25) is 9.59 Å². The number of carbonyl (C=O) groups excluding carboxylic acids is 2. The Bertz CT molecular complexity index is 725. The summed E-state index contributed by atoms with van der Waals surface area (Å²) < 4.78 is 25.8. The summed E-state index contributed by atoms with van der Waals surface area (Å²) in [5.74, 6) is -2.33. The maximum absolute atomic E-state index is 13.0. The van der Waals surface area contributed by atoms with Gasteiger partial charge in [0.25, 0.3) is 0 Å². The van der Waals surface area contributed by atoms with Crippen LogP contribution in [-0.2, 0) is 9.59 Å². The van der Waals surface area contributed by atoms with Crippen LogP contribution in [0.1, 0.15) is 6.92 Å². The van der Waals surface area contributed by atoms with Gasteiger partial charge in [-0.15, -0.1) is 10.2 Å². The highest BCUT2D eigenvalue weighted by molar-refractivity contribution is 7.99. The molecule has 0 aliphatic heterocycles. The van der Waals surface area contributed by atoms with E-state index in [-0.39, 0.29) is 17.3 Å². The third-order valence-corrected chi connectivity index (χ3v) is 3.42. The number of nitrogens with zero attached hydrogens (tertiary/aromatic N) is 2. The Morgan fingerprint density at radius 3 is 2.48 bits per heavy atom. The van der Waals surface area contributed by atoms with Gasteiger partial charge in [-0.05, 0) is 24.3 Å². The first kappa shape index (κ1) is 16.8. The molecule has 0 aliphatic rings. The van der Waals surface area contributed by atoms with Gasteiger partial charge < -0.3 is 10.6 Å². The molecular formula is C14H12F2N4O2S. The molecule has 23 heavy (non-hydrogen) atoms. The lowest BCUT2D eigenvalue weighted by atomic mass is 10.3. The van der Waals surface area contributed by atoms with Gasteiger partial charge in [0.1, 0.15) is 5.03 Å². The van der Waals surface area contributed by atoms with Crippen LogP contribution < -0.4 is 10.6 Å². The second kappa shape index (κ2) is 7.63. The average Bonchev–Trinajstić information content (AvgIpc) is 2.50. The van der Waals surface area contributed by atoms with E-state index in [4.69, 9.17) is 0 Å². The number of benzene rings is 1. The summed E-state index contributed by atoms with van der Waals surface area (Å²) in [6.45, 7) is 1.35. The van der Waals surface area contributed by atoms with E-state index in [0.717, 1.165) is 23.9 Å². The van der Waals surface area contributed by atoms with E-state index in [1.165, 1.54) is 13.0 Å². The quantitative estimate of drug-likeness (QED) is 0.818. The number of anilines is 2. The molecule has 1 aromatic carbocycles. The van der Waals surface area contributed by atoms with Crippen molar-refractivity contribution < 1.29 is 18.4 Å². The normalized spacial score (nSPS) is 10.2. The average molecular weight is 338 g/mol. The van der Waals surface area contributed by atoms with Crippen LogP contribution in [0.25, 0.3) is 0 Å². The van der Waals surface area contributed by atoms with E-state index in [9.17, 15) is 18.4 Å². The zero-order valence-corrected chi connectivity index (χ0v) is 12.8. The van der Waals surface area contributed by atoms with Crippen molar-refractivity contribution >= 4 is 35.1 Å². The molecule has 9 heteroatoms. The van der Waals surface area contributed by atoms with Crippen LogP contribution >= 0.6 is 11.8 Å². The molecule has 0 bridgehead atoms. The maximum atomic E-state index is 13.0. The minimum atomic E-state index is -1.03. The molecule has 6 nitrogen and oxygen atoms in total. The molecule has 2 rings (SSSR count). The minimum absolute atomic E-state index is 0.0210. The van der Waals surface area contributed by atoms with Crippen LogP contribution in [0.4, 0.5) is 20.3 Å². The van der Waals surface area contributed by atoms with Gasteiger partial charge in [0, 0.05) is 18.7 Å². The maximum Gasteiger partial charge on any atom is 0.234 e. The second-order valence-electron chi connectivity index (χ2n) is 4.40. The molecule has 1 heterocycles. The summed E-state index contributed by atoms with van der Waals surface area (Å²) in [5.41, 5.74) is 0.168. The van der Waals surface area contributed by atoms with Gasteiger partial charge in [0.05, 0.1) is 5.75 Å². The zero-order chi connectivity index (χ0) is 16.8. The fourth-order valence-corrected chi connectivity index (χ4v) is 2.17. The predicted octanol–water partition coefficient (Wildman–Crippen LogP) is 2.44. The lowest BCUT2D eigenvalue weighted by Gasteiger charge is -2.05. The van der Waals surface area contributed by atoms with Crippen molar-refractivity contribution in [1.29, 1.82) is 0 Å². The van der Waals surface area contributed by atoms with Crippen molar-refractivity contribution in [2.24, 2.45) is 0 Å². The van der Waals surface area contributed by atoms with Gasteiger partial charge in [0.15, 0.2) is 17.5 Å². The molecule has 0 atom stereocenters. The van der Waals surface area contributed by atoms with Gasteiger partial charge in [-0.25, -0.2) is 8.78 Å². The van der Waals surface area contributed by atoms with Crippen molar-refractivity contribution in [3.63, 3.8) is 0 Å². The van der Waals surface area contributed by atoms with Crippen LogP contribution in [0.2, 0.25) is 0 Å². The first-order valence-electron chi connectivity index (χ1n) is 6.43. The van der Waals surface area contributed by atoms with Crippen LogP contribution in [-0.4, -0.2) is 27.8 Å². The van der Waals surface area contributed by atoms with Crippen LogP contribution in [0.3, 0.4) is 0 Å². The molecule has 0 spiro atoms. The summed E-state index contributed by atoms with van der Waals surface area (Å²) in [6.07, 6.45) is 0. The summed E-state index contributed by atoms with van der Waals surface area (Å²) in [4.78, 5) is 22.6. The van der Waals surface area contributed by atoms with E-state index in [1.54, 1.807) is 12.1 Å². The van der Waals surface area contributed by atoms with Crippen LogP contribution in [0, 0.1) is 11.6 Å². The van der Waals surface area contributed by atoms with Gasteiger partial charge in [-0.2, -0.15) is 0 Å². The van der Waals surface area contributed by atoms with Crippen molar-refractivity contribution in [3.05, 3.63) is 42.0 Å². The highest BCUT2D eigenvalue weighted by Crippen LogP contribution is 2.17. The van der Waals surface area contributed by atoms with Crippen molar-refractivity contribution in [3.8, 4) is 0 Å². The highest BCUT2D eigenvalue weighted by atomic mass is 32.2.